The molecule has 0 heterocycles. The van der Waals surface area contributed by atoms with Gasteiger partial charge in [0.25, 0.3) is 0 Å². The number of phenols is 1. The van der Waals surface area contributed by atoms with Crippen LogP contribution in [-0.4, -0.2) is 32.4 Å². The zero-order valence-electron chi connectivity index (χ0n) is 10.5. The SMILES string of the molecule is Oc1c(Cl)cc(Cl)c(Cl)c1CC1C(O)C(Cl)CC(Cl)[C@@H]1Cl. The first-order valence-corrected chi connectivity index (χ1v) is 8.64. The lowest BCUT2D eigenvalue weighted by Crippen LogP contribution is -2.47. The highest BCUT2D eigenvalue weighted by atomic mass is 35.5. The standard InChI is InChI=1S/C13H12Cl6O2/c14-6-2-8(16)12(20)4(10(6)18)1-5-11(19)7(15)3-9(17)13(5)21/h2,5,7,9,11,13,20-21H,1,3H2/t5?,7?,9?,11-,13?/m1/s1. The molecule has 0 aromatic heterocycles. The molecule has 1 aromatic carbocycles. The van der Waals surface area contributed by atoms with E-state index in [1.165, 1.54) is 6.07 Å². The van der Waals surface area contributed by atoms with E-state index in [-0.39, 0.29) is 32.6 Å². The first-order chi connectivity index (χ1) is 9.73. The van der Waals surface area contributed by atoms with Crippen LogP contribution in [0.25, 0.3) is 0 Å². The normalized spacial score (nSPS) is 33.2. The van der Waals surface area contributed by atoms with Crippen molar-refractivity contribution < 1.29 is 10.2 Å². The van der Waals surface area contributed by atoms with Crippen molar-refractivity contribution in [3.63, 3.8) is 0 Å². The van der Waals surface area contributed by atoms with Crippen molar-refractivity contribution in [2.45, 2.75) is 35.1 Å². The predicted octanol–water partition coefficient (Wildman–Crippen LogP) is 5.10. The van der Waals surface area contributed by atoms with Crippen molar-refractivity contribution in [2.75, 3.05) is 0 Å². The maximum absolute atomic E-state index is 10.2. The van der Waals surface area contributed by atoms with Crippen LogP contribution in [0, 0.1) is 5.92 Å². The van der Waals surface area contributed by atoms with Crippen LogP contribution in [0.15, 0.2) is 6.07 Å². The Hall–Kier alpha value is 0.720. The van der Waals surface area contributed by atoms with Crippen LogP contribution in [0.4, 0.5) is 0 Å². The number of alkyl halides is 3. The summed E-state index contributed by atoms with van der Waals surface area (Å²) in [6, 6.07) is 1.36. The van der Waals surface area contributed by atoms with Crippen LogP contribution in [-0.2, 0) is 6.42 Å². The molecule has 2 N–H and O–H groups in total. The molecular weight excluding hydrogens is 401 g/mol. The van der Waals surface area contributed by atoms with Gasteiger partial charge < -0.3 is 10.2 Å². The van der Waals surface area contributed by atoms with Gasteiger partial charge in [0.15, 0.2) is 0 Å². The minimum atomic E-state index is -0.864. The Morgan fingerprint density at radius 3 is 2.29 bits per heavy atom. The van der Waals surface area contributed by atoms with E-state index >= 15 is 0 Å². The average molecular weight is 413 g/mol. The largest absolute Gasteiger partial charge is 0.506 e. The van der Waals surface area contributed by atoms with Crippen LogP contribution in [0.2, 0.25) is 15.1 Å². The molecular formula is C13H12Cl6O2. The van der Waals surface area contributed by atoms with E-state index in [2.05, 4.69) is 0 Å². The van der Waals surface area contributed by atoms with E-state index in [0.29, 0.717) is 12.0 Å². The van der Waals surface area contributed by atoms with Gasteiger partial charge in [-0.2, -0.15) is 0 Å². The highest BCUT2D eigenvalue weighted by molar-refractivity contribution is 6.44. The number of aliphatic hydroxyl groups excluding tert-OH is 1. The van der Waals surface area contributed by atoms with E-state index < -0.39 is 22.8 Å². The molecule has 0 radical (unpaired) electrons. The summed E-state index contributed by atoms with van der Waals surface area (Å²) >= 11 is 36.5. The molecule has 1 aromatic rings. The third-order valence-corrected chi connectivity index (χ3v) is 6.45. The van der Waals surface area contributed by atoms with Crippen molar-refractivity contribution >= 4 is 69.6 Å². The van der Waals surface area contributed by atoms with E-state index in [0.717, 1.165) is 0 Å². The number of aliphatic hydroxyl groups is 1. The number of phenolic OH excluding ortho intramolecular Hbond substituents is 1. The van der Waals surface area contributed by atoms with Crippen LogP contribution < -0.4 is 0 Å². The summed E-state index contributed by atoms with van der Waals surface area (Å²) in [6.07, 6.45) is -0.282. The maximum atomic E-state index is 10.2. The highest BCUT2D eigenvalue weighted by Crippen LogP contribution is 2.43. The third-order valence-electron chi connectivity index (χ3n) is 3.69. The van der Waals surface area contributed by atoms with Crippen LogP contribution in [0.5, 0.6) is 5.75 Å². The van der Waals surface area contributed by atoms with Crippen molar-refractivity contribution in [1.82, 2.24) is 0 Å². The Labute approximate surface area is 152 Å². The monoisotopic (exact) mass is 410 g/mol. The van der Waals surface area contributed by atoms with Crippen molar-refractivity contribution in [2.24, 2.45) is 5.92 Å². The van der Waals surface area contributed by atoms with E-state index in [9.17, 15) is 10.2 Å². The molecule has 1 fully saturated rings. The Kier molecular flexibility index (Phi) is 6.10. The fraction of sp³-hybridized carbons (Fsp3) is 0.538. The second-order valence-electron chi connectivity index (χ2n) is 5.05. The molecule has 0 amide bonds. The lowest BCUT2D eigenvalue weighted by atomic mass is 9.81. The van der Waals surface area contributed by atoms with Crippen LogP contribution >= 0.6 is 69.6 Å². The number of benzene rings is 1. The molecule has 0 aliphatic heterocycles. The quantitative estimate of drug-likeness (QED) is 0.524. The lowest BCUT2D eigenvalue weighted by molar-refractivity contribution is 0.0777. The van der Waals surface area contributed by atoms with E-state index in [1.807, 2.05) is 0 Å². The number of rotatable bonds is 2. The molecule has 0 bridgehead atoms. The van der Waals surface area contributed by atoms with Gasteiger partial charge in [0.2, 0.25) is 0 Å². The van der Waals surface area contributed by atoms with Gasteiger partial charge in [-0.05, 0) is 18.9 Å². The summed E-state index contributed by atoms with van der Waals surface area (Å²) < 4.78 is 0. The Balaban J connectivity index is 2.36. The van der Waals surface area contributed by atoms with Gasteiger partial charge >= 0.3 is 0 Å². The van der Waals surface area contributed by atoms with Gasteiger partial charge in [0.05, 0.1) is 37.3 Å². The molecule has 2 nitrogen and oxygen atoms in total. The fourth-order valence-corrected chi connectivity index (χ4v) is 4.41. The van der Waals surface area contributed by atoms with Gasteiger partial charge in [-0.25, -0.2) is 0 Å². The summed E-state index contributed by atoms with van der Waals surface area (Å²) in [4.78, 5) is 0. The molecule has 0 saturated heterocycles. The van der Waals surface area contributed by atoms with Gasteiger partial charge in [0.1, 0.15) is 5.75 Å². The Morgan fingerprint density at radius 1 is 1.05 bits per heavy atom. The Bertz CT molecular complexity index is 498. The molecule has 1 aliphatic carbocycles. The van der Waals surface area contributed by atoms with Gasteiger partial charge in [-0.3, -0.25) is 0 Å². The van der Waals surface area contributed by atoms with Gasteiger partial charge in [-0.15, -0.1) is 34.8 Å². The highest BCUT2D eigenvalue weighted by Gasteiger charge is 2.42. The summed E-state index contributed by atoms with van der Waals surface area (Å²) in [5.41, 5.74) is 0.332. The second kappa shape index (κ2) is 7.09. The fourth-order valence-electron chi connectivity index (χ4n) is 2.50. The second-order valence-corrected chi connectivity index (χ2v) is 7.87. The molecule has 5 atom stereocenters. The zero-order valence-corrected chi connectivity index (χ0v) is 15.1. The molecule has 21 heavy (non-hydrogen) atoms. The van der Waals surface area contributed by atoms with Gasteiger partial charge in [0, 0.05) is 11.5 Å². The summed E-state index contributed by atoms with van der Waals surface area (Å²) in [5, 5.41) is 19.4. The molecule has 4 unspecified atom stereocenters. The van der Waals surface area contributed by atoms with Crippen LogP contribution in [0.1, 0.15) is 12.0 Å². The van der Waals surface area contributed by atoms with Crippen LogP contribution in [0.3, 0.4) is 0 Å². The summed E-state index contributed by atoms with van der Waals surface area (Å²) in [5.74, 6) is -0.645. The summed E-state index contributed by atoms with van der Waals surface area (Å²) in [7, 11) is 0. The number of halogens is 6. The molecule has 2 rings (SSSR count). The minimum Gasteiger partial charge on any atom is -0.506 e. The van der Waals surface area contributed by atoms with Crippen molar-refractivity contribution in [3.05, 3.63) is 26.7 Å². The Morgan fingerprint density at radius 2 is 1.67 bits per heavy atom. The molecule has 1 saturated carbocycles. The maximum Gasteiger partial charge on any atom is 0.138 e. The number of aromatic hydroxyl groups is 1. The minimum absolute atomic E-state index is 0.0840. The average Bonchev–Trinajstić information content (AvgIpc) is 2.42. The van der Waals surface area contributed by atoms with Crippen molar-refractivity contribution in [1.29, 1.82) is 0 Å². The van der Waals surface area contributed by atoms with E-state index in [1.54, 1.807) is 0 Å². The topological polar surface area (TPSA) is 40.5 Å². The zero-order chi connectivity index (χ0) is 15.9. The van der Waals surface area contributed by atoms with Crippen molar-refractivity contribution in [3.8, 4) is 5.75 Å². The lowest BCUT2D eigenvalue weighted by Gasteiger charge is -2.38. The summed E-state index contributed by atoms with van der Waals surface area (Å²) in [6.45, 7) is 0. The van der Waals surface area contributed by atoms with Gasteiger partial charge in [-0.1, -0.05) is 34.8 Å². The first kappa shape index (κ1) is 18.1. The first-order valence-electron chi connectivity index (χ1n) is 6.19. The number of hydrogen-bond donors (Lipinski definition) is 2. The third kappa shape index (κ3) is 3.63. The molecule has 8 heteroatoms. The molecule has 1 aliphatic rings. The smallest absolute Gasteiger partial charge is 0.138 e. The predicted molar refractivity (Wildman–Crippen MR) is 89.9 cm³/mol. The van der Waals surface area contributed by atoms with E-state index in [4.69, 9.17) is 69.6 Å². The number of hydrogen-bond acceptors (Lipinski definition) is 2. The molecule has 118 valence electrons. The molecule has 0 spiro atoms.